The molecule has 1 saturated carbocycles. The normalized spacial score (nSPS) is 30.7. The quantitative estimate of drug-likeness (QED) is 0.844. The van der Waals surface area contributed by atoms with Gasteiger partial charge in [-0.05, 0) is 31.6 Å². The van der Waals surface area contributed by atoms with Crippen LogP contribution in [0.15, 0.2) is 4.52 Å². The molecule has 0 bridgehead atoms. The Morgan fingerprint density at radius 2 is 2.16 bits per heavy atom. The van der Waals surface area contributed by atoms with Gasteiger partial charge in [0.25, 0.3) is 11.7 Å². The number of hydrogen-bond acceptors (Lipinski definition) is 5. The first-order valence-electron chi connectivity index (χ1n) is 7.09. The van der Waals surface area contributed by atoms with Crippen molar-refractivity contribution in [2.45, 2.75) is 50.6 Å². The lowest BCUT2D eigenvalue weighted by molar-refractivity contribution is 0.0950. The zero-order valence-corrected chi connectivity index (χ0v) is 11.2. The topological polar surface area (TPSA) is 80.0 Å². The summed E-state index contributed by atoms with van der Waals surface area (Å²) in [5.41, 5.74) is 0. The molecule has 2 N–H and O–H groups in total. The first kappa shape index (κ1) is 12.6. The summed E-state index contributed by atoms with van der Waals surface area (Å²) in [5.74, 6) is 1.15. The van der Waals surface area contributed by atoms with Crippen LogP contribution >= 0.6 is 0 Å². The van der Waals surface area contributed by atoms with Crippen molar-refractivity contribution in [3.05, 3.63) is 11.7 Å². The van der Waals surface area contributed by atoms with E-state index in [0.29, 0.717) is 11.9 Å². The van der Waals surface area contributed by atoms with Crippen LogP contribution in [-0.4, -0.2) is 29.1 Å². The van der Waals surface area contributed by atoms with Gasteiger partial charge in [-0.2, -0.15) is 4.98 Å². The van der Waals surface area contributed by atoms with Crippen LogP contribution in [0.1, 0.15) is 61.1 Å². The van der Waals surface area contributed by atoms with Crippen LogP contribution in [0, 0.1) is 5.92 Å². The zero-order chi connectivity index (χ0) is 13.2. The lowest BCUT2D eigenvalue weighted by Crippen LogP contribution is -2.44. The second-order valence-electron chi connectivity index (χ2n) is 5.48. The molecule has 1 aromatic heterocycles. The van der Waals surface area contributed by atoms with Gasteiger partial charge < -0.3 is 15.2 Å². The third kappa shape index (κ3) is 2.49. The third-order valence-electron chi connectivity index (χ3n) is 4.32. The molecule has 3 atom stereocenters. The molecule has 1 amide bonds. The molecule has 6 heteroatoms. The van der Waals surface area contributed by atoms with Gasteiger partial charge in [0.2, 0.25) is 5.89 Å². The summed E-state index contributed by atoms with van der Waals surface area (Å²) in [5, 5.41) is 9.84. The predicted octanol–water partition coefficient (Wildman–Crippen LogP) is 1.41. The van der Waals surface area contributed by atoms with Crippen molar-refractivity contribution in [2.75, 3.05) is 7.05 Å². The Balaban J connectivity index is 1.69. The number of nitrogens with one attached hydrogen (secondary N) is 2. The molecule has 0 aromatic carbocycles. The van der Waals surface area contributed by atoms with Crippen LogP contribution < -0.4 is 10.6 Å². The average molecular weight is 264 g/mol. The molecule has 2 heterocycles. The number of carbonyl (C=O) groups excluding carboxylic acids is 1. The SMILES string of the molecule is CNC(=O)c1noc(C2CCC3CCCCC3N2)n1. The third-order valence-corrected chi connectivity index (χ3v) is 4.32. The highest BCUT2D eigenvalue weighted by molar-refractivity contribution is 5.89. The molecule has 2 fully saturated rings. The van der Waals surface area contributed by atoms with E-state index in [1.165, 1.54) is 32.1 Å². The van der Waals surface area contributed by atoms with Gasteiger partial charge in [0.05, 0.1) is 6.04 Å². The monoisotopic (exact) mass is 264 g/mol. The van der Waals surface area contributed by atoms with Gasteiger partial charge in [0.15, 0.2) is 0 Å². The Labute approximate surface area is 112 Å². The summed E-state index contributed by atoms with van der Waals surface area (Å²) >= 11 is 0. The van der Waals surface area contributed by atoms with Crippen LogP contribution in [0.2, 0.25) is 0 Å². The molecule has 1 saturated heterocycles. The van der Waals surface area contributed by atoms with E-state index in [9.17, 15) is 4.79 Å². The van der Waals surface area contributed by atoms with E-state index < -0.39 is 0 Å². The summed E-state index contributed by atoms with van der Waals surface area (Å²) < 4.78 is 5.22. The molecule has 0 spiro atoms. The van der Waals surface area contributed by atoms with E-state index in [4.69, 9.17) is 4.52 Å². The van der Waals surface area contributed by atoms with Crippen molar-refractivity contribution in [1.29, 1.82) is 0 Å². The fourth-order valence-electron chi connectivity index (χ4n) is 3.27. The summed E-state index contributed by atoms with van der Waals surface area (Å²) in [6.07, 6.45) is 7.44. The average Bonchev–Trinajstić information content (AvgIpc) is 2.95. The molecule has 3 unspecified atom stereocenters. The fraction of sp³-hybridized carbons (Fsp3) is 0.769. The van der Waals surface area contributed by atoms with Crippen LogP contribution in [0.3, 0.4) is 0 Å². The molecule has 1 aliphatic heterocycles. The minimum absolute atomic E-state index is 0.102. The number of nitrogens with zero attached hydrogens (tertiary/aromatic N) is 2. The number of carbonyl (C=O) groups is 1. The largest absolute Gasteiger partial charge is 0.352 e. The molecular weight excluding hydrogens is 244 g/mol. The highest BCUT2D eigenvalue weighted by Gasteiger charge is 2.34. The first-order chi connectivity index (χ1) is 9.28. The Bertz CT molecular complexity index is 459. The van der Waals surface area contributed by atoms with Crippen molar-refractivity contribution >= 4 is 5.91 Å². The van der Waals surface area contributed by atoms with Crippen molar-refractivity contribution in [3.63, 3.8) is 0 Å². The van der Waals surface area contributed by atoms with Gasteiger partial charge in [-0.3, -0.25) is 4.79 Å². The number of aromatic nitrogens is 2. The lowest BCUT2D eigenvalue weighted by atomic mass is 9.78. The molecular formula is C13H20N4O2. The Morgan fingerprint density at radius 3 is 3.00 bits per heavy atom. The van der Waals surface area contributed by atoms with Crippen LogP contribution in [0.25, 0.3) is 0 Å². The zero-order valence-electron chi connectivity index (χ0n) is 11.2. The highest BCUT2D eigenvalue weighted by Crippen LogP contribution is 2.36. The molecule has 19 heavy (non-hydrogen) atoms. The molecule has 104 valence electrons. The van der Waals surface area contributed by atoms with Crippen molar-refractivity contribution in [2.24, 2.45) is 5.92 Å². The van der Waals surface area contributed by atoms with Crippen molar-refractivity contribution < 1.29 is 9.32 Å². The summed E-state index contributed by atoms with van der Waals surface area (Å²) in [7, 11) is 1.56. The van der Waals surface area contributed by atoms with E-state index in [0.717, 1.165) is 12.3 Å². The first-order valence-corrected chi connectivity index (χ1v) is 7.09. The maximum absolute atomic E-state index is 11.4. The maximum Gasteiger partial charge on any atom is 0.292 e. The molecule has 0 radical (unpaired) electrons. The van der Waals surface area contributed by atoms with Crippen LogP contribution in [-0.2, 0) is 0 Å². The number of amides is 1. The number of hydrogen-bond donors (Lipinski definition) is 2. The minimum Gasteiger partial charge on any atom is -0.352 e. The second-order valence-corrected chi connectivity index (χ2v) is 5.48. The predicted molar refractivity (Wildman–Crippen MR) is 68.5 cm³/mol. The summed E-state index contributed by atoms with van der Waals surface area (Å²) in [6.45, 7) is 0. The van der Waals surface area contributed by atoms with E-state index in [1.54, 1.807) is 7.05 Å². The number of rotatable bonds is 2. The van der Waals surface area contributed by atoms with Gasteiger partial charge in [-0.25, -0.2) is 0 Å². The molecule has 2 aliphatic rings. The van der Waals surface area contributed by atoms with Crippen molar-refractivity contribution in [1.82, 2.24) is 20.8 Å². The number of piperidine rings is 1. The minimum atomic E-state index is -0.304. The molecule has 6 nitrogen and oxygen atoms in total. The van der Waals surface area contributed by atoms with Gasteiger partial charge in [-0.1, -0.05) is 18.0 Å². The molecule has 1 aromatic rings. The Morgan fingerprint density at radius 1 is 1.32 bits per heavy atom. The van der Waals surface area contributed by atoms with E-state index in [1.807, 2.05) is 0 Å². The summed E-state index contributed by atoms with van der Waals surface area (Å²) in [4.78, 5) is 15.6. The standard InChI is InChI=1S/C13H20N4O2/c1-14-12(18)11-16-13(19-17-11)10-7-6-8-4-2-3-5-9(8)15-10/h8-10,15H,2-7H2,1H3,(H,14,18). The van der Waals surface area contributed by atoms with E-state index >= 15 is 0 Å². The van der Waals surface area contributed by atoms with Gasteiger partial charge in [0.1, 0.15) is 0 Å². The number of fused-ring (bicyclic) bond motifs is 1. The van der Waals surface area contributed by atoms with E-state index in [-0.39, 0.29) is 17.8 Å². The molecule has 3 rings (SSSR count). The maximum atomic E-state index is 11.4. The Kier molecular flexibility index (Phi) is 3.50. The van der Waals surface area contributed by atoms with E-state index in [2.05, 4.69) is 20.8 Å². The van der Waals surface area contributed by atoms with Crippen LogP contribution in [0.5, 0.6) is 0 Å². The van der Waals surface area contributed by atoms with Gasteiger partial charge in [0, 0.05) is 13.1 Å². The van der Waals surface area contributed by atoms with Gasteiger partial charge >= 0.3 is 0 Å². The Hall–Kier alpha value is -1.43. The van der Waals surface area contributed by atoms with Crippen LogP contribution in [0.4, 0.5) is 0 Å². The summed E-state index contributed by atoms with van der Waals surface area (Å²) in [6, 6.07) is 0.674. The lowest BCUT2D eigenvalue weighted by Gasteiger charge is -2.39. The van der Waals surface area contributed by atoms with Gasteiger partial charge in [-0.15, -0.1) is 0 Å². The van der Waals surface area contributed by atoms with Crippen molar-refractivity contribution in [3.8, 4) is 0 Å². The molecule has 1 aliphatic carbocycles. The highest BCUT2D eigenvalue weighted by atomic mass is 16.5. The fourth-order valence-corrected chi connectivity index (χ4v) is 3.27. The smallest absolute Gasteiger partial charge is 0.292 e. The second kappa shape index (κ2) is 5.28.